The van der Waals surface area contributed by atoms with Crippen molar-refractivity contribution in [2.75, 3.05) is 0 Å². The molecule has 0 saturated heterocycles. The molecule has 0 atom stereocenters. The molecule has 1 aliphatic rings. The van der Waals surface area contributed by atoms with Gasteiger partial charge in [-0.1, -0.05) is 24.3 Å². The van der Waals surface area contributed by atoms with Crippen molar-refractivity contribution in [1.29, 1.82) is 0 Å². The summed E-state index contributed by atoms with van der Waals surface area (Å²) >= 11 is 2.01. The maximum absolute atomic E-state index is 12.2. The summed E-state index contributed by atoms with van der Waals surface area (Å²) in [7, 11) is -0.297. The minimum absolute atomic E-state index is 0.188. The molecule has 0 amide bonds. The van der Waals surface area contributed by atoms with E-state index in [2.05, 4.69) is 12.1 Å². The number of esters is 1. The summed E-state index contributed by atoms with van der Waals surface area (Å²) in [4.78, 5) is 15.6. The van der Waals surface area contributed by atoms with Crippen LogP contribution in [0.1, 0.15) is 10.6 Å². The third-order valence-corrected chi connectivity index (χ3v) is 7.28. The van der Waals surface area contributed by atoms with Gasteiger partial charge in [0, 0.05) is 0 Å². The van der Waals surface area contributed by atoms with Crippen molar-refractivity contribution in [1.82, 2.24) is 0 Å². The van der Waals surface area contributed by atoms with E-state index in [1.54, 1.807) is 12.1 Å². The summed E-state index contributed by atoms with van der Waals surface area (Å²) in [5.41, 5.74) is 0. The zero-order valence-corrected chi connectivity index (χ0v) is 18.0. The Morgan fingerprint density at radius 2 is 1.41 bits per heavy atom. The summed E-state index contributed by atoms with van der Waals surface area (Å²) in [6.07, 6.45) is 0. The highest BCUT2D eigenvalue weighted by molar-refractivity contribution is 14.1. The average molecular weight is 513 g/mol. The van der Waals surface area contributed by atoms with Gasteiger partial charge in [-0.05, 0) is 83.3 Å². The van der Waals surface area contributed by atoms with E-state index in [-0.39, 0.29) is 16.7 Å². The van der Waals surface area contributed by atoms with Gasteiger partial charge in [-0.2, -0.15) is 0 Å². The van der Waals surface area contributed by atoms with Crippen molar-refractivity contribution in [3.05, 3.63) is 94.5 Å². The van der Waals surface area contributed by atoms with E-state index >= 15 is 0 Å². The molecule has 6 heteroatoms. The Morgan fingerprint density at radius 1 is 0.793 bits per heavy atom. The highest BCUT2D eigenvalue weighted by Crippen LogP contribution is 2.46. The molecule has 0 spiro atoms. The van der Waals surface area contributed by atoms with Crippen molar-refractivity contribution in [3.63, 3.8) is 0 Å². The standard InChI is InChI=1S/C23H14IO4S/c24-22-14-13-19(28-22)23(25)26-15-9-11-16(12-10-15)29-20-7-3-1-5-17(20)27-18-6-2-4-8-21(18)29/h1-14H/q+1. The first-order valence-electron chi connectivity index (χ1n) is 8.87. The minimum atomic E-state index is -0.509. The quantitative estimate of drug-likeness (QED) is 0.123. The number of ether oxygens (including phenoxy) is 2. The van der Waals surface area contributed by atoms with E-state index in [1.807, 2.05) is 83.3 Å². The number of benzene rings is 3. The number of furan rings is 1. The fourth-order valence-electron chi connectivity index (χ4n) is 3.12. The number of carbonyl (C=O) groups is 1. The number of fused-ring (bicyclic) bond motifs is 2. The molecule has 0 aliphatic carbocycles. The van der Waals surface area contributed by atoms with E-state index in [0.29, 0.717) is 9.52 Å². The summed E-state index contributed by atoms with van der Waals surface area (Å²) in [5, 5.41) is 0. The number of rotatable bonds is 3. The molecule has 0 fully saturated rings. The van der Waals surface area contributed by atoms with E-state index < -0.39 is 5.97 Å². The second-order valence-electron chi connectivity index (χ2n) is 6.27. The molecule has 3 aromatic carbocycles. The largest absolute Gasteiger partial charge is 0.447 e. The van der Waals surface area contributed by atoms with Gasteiger partial charge in [0.15, 0.2) is 20.2 Å². The second kappa shape index (κ2) is 7.61. The normalized spacial score (nSPS) is 12.6. The maximum atomic E-state index is 12.2. The maximum Gasteiger partial charge on any atom is 0.379 e. The fraction of sp³-hybridized carbons (Fsp3) is 0. The van der Waals surface area contributed by atoms with Crippen LogP contribution in [0.15, 0.2) is 104 Å². The Morgan fingerprint density at radius 3 is 2.00 bits per heavy atom. The van der Waals surface area contributed by atoms with Crippen LogP contribution in [0.25, 0.3) is 0 Å². The van der Waals surface area contributed by atoms with Crippen LogP contribution in [0, 0.1) is 3.77 Å². The molecule has 0 saturated carbocycles. The first kappa shape index (κ1) is 18.3. The van der Waals surface area contributed by atoms with Crippen molar-refractivity contribution < 1.29 is 18.7 Å². The van der Waals surface area contributed by atoms with Crippen molar-refractivity contribution in [3.8, 4) is 17.2 Å². The first-order valence-corrected chi connectivity index (χ1v) is 11.2. The lowest BCUT2D eigenvalue weighted by atomic mass is 10.3. The van der Waals surface area contributed by atoms with E-state index in [4.69, 9.17) is 13.9 Å². The van der Waals surface area contributed by atoms with Crippen LogP contribution in [-0.4, -0.2) is 5.97 Å². The van der Waals surface area contributed by atoms with Crippen LogP contribution in [0.4, 0.5) is 0 Å². The predicted octanol–water partition coefficient (Wildman–Crippen LogP) is 6.30. The van der Waals surface area contributed by atoms with Crippen LogP contribution >= 0.6 is 22.6 Å². The number of para-hydroxylation sites is 2. The summed E-state index contributed by atoms with van der Waals surface area (Å²) in [6, 6.07) is 27.1. The third-order valence-electron chi connectivity index (χ3n) is 4.40. The molecule has 1 aliphatic heterocycles. The Kier molecular flexibility index (Phi) is 4.81. The molecule has 1 aromatic heterocycles. The predicted molar refractivity (Wildman–Crippen MR) is 118 cm³/mol. The Bertz CT molecular complexity index is 1150. The minimum Gasteiger partial charge on any atom is -0.447 e. The highest BCUT2D eigenvalue weighted by atomic mass is 127. The summed E-state index contributed by atoms with van der Waals surface area (Å²) in [6.45, 7) is 0. The number of halogens is 1. The molecule has 4 nitrogen and oxygen atoms in total. The second-order valence-corrected chi connectivity index (χ2v) is 9.29. The van der Waals surface area contributed by atoms with Crippen molar-refractivity contribution >= 4 is 39.5 Å². The Hall–Kier alpha value is -2.71. The SMILES string of the molecule is O=C(Oc1ccc([S+]2c3ccccc3Oc3ccccc32)cc1)c1ccc(I)o1. The van der Waals surface area contributed by atoms with Gasteiger partial charge >= 0.3 is 5.97 Å². The molecule has 2 heterocycles. The van der Waals surface area contributed by atoms with Crippen LogP contribution in [0.5, 0.6) is 17.2 Å². The van der Waals surface area contributed by atoms with E-state index in [9.17, 15) is 4.79 Å². The van der Waals surface area contributed by atoms with Gasteiger partial charge in [-0.15, -0.1) is 0 Å². The van der Waals surface area contributed by atoms with E-state index in [1.165, 1.54) is 0 Å². The van der Waals surface area contributed by atoms with Gasteiger partial charge in [0.2, 0.25) is 15.6 Å². The van der Waals surface area contributed by atoms with Crippen LogP contribution in [0.3, 0.4) is 0 Å². The topological polar surface area (TPSA) is 48.7 Å². The molecule has 0 unspecified atom stereocenters. The molecule has 142 valence electrons. The van der Waals surface area contributed by atoms with Crippen LogP contribution in [0.2, 0.25) is 0 Å². The summed E-state index contributed by atoms with van der Waals surface area (Å²) in [5.74, 6) is 1.90. The van der Waals surface area contributed by atoms with Gasteiger partial charge in [-0.3, -0.25) is 0 Å². The smallest absolute Gasteiger partial charge is 0.379 e. The van der Waals surface area contributed by atoms with Gasteiger partial charge in [0.05, 0.1) is 0 Å². The van der Waals surface area contributed by atoms with Gasteiger partial charge in [0.25, 0.3) is 0 Å². The average Bonchev–Trinajstić information content (AvgIpc) is 3.19. The third kappa shape index (κ3) is 3.54. The first-order chi connectivity index (χ1) is 14.2. The monoisotopic (exact) mass is 513 g/mol. The highest BCUT2D eigenvalue weighted by Gasteiger charge is 2.38. The van der Waals surface area contributed by atoms with Gasteiger partial charge in [-0.25, -0.2) is 4.79 Å². The zero-order chi connectivity index (χ0) is 19.8. The number of hydrogen-bond acceptors (Lipinski definition) is 4. The molecule has 4 aromatic rings. The number of hydrogen-bond donors (Lipinski definition) is 0. The van der Waals surface area contributed by atoms with Gasteiger partial charge < -0.3 is 13.9 Å². The lowest BCUT2D eigenvalue weighted by Gasteiger charge is -2.19. The molecule has 0 bridgehead atoms. The van der Waals surface area contributed by atoms with Crippen LogP contribution < -0.4 is 9.47 Å². The molecule has 29 heavy (non-hydrogen) atoms. The van der Waals surface area contributed by atoms with Crippen molar-refractivity contribution in [2.45, 2.75) is 14.7 Å². The molecule has 5 rings (SSSR count). The lowest BCUT2D eigenvalue weighted by Crippen LogP contribution is -2.12. The fourth-order valence-corrected chi connectivity index (χ4v) is 5.74. The summed E-state index contributed by atoms with van der Waals surface area (Å²) < 4.78 is 17.5. The Balaban J connectivity index is 1.47. The van der Waals surface area contributed by atoms with Crippen molar-refractivity contribution in [2.24, 2.45) is 0 Å². The van der Waals surface area contributed by atoms with Gasteiger partial charge in [0.1, 0.15) is 16.6 Å². The molecular weight excluding hydrogens is 499 g/mol. The molecular formula is C23H14IO4S+. The molecule has 0 N–H and O–H groups in total. The number of carbonyl (C=O) groups excluding carboxylic acids is 1. The van der Waals surface area contributed by atoms with E-state index in [0.717, 1.165) is 26.2 Å². The Labute approximate surface area is 183 Å². The zero-order valence-electron chi connectivity index (χ0n) is 15.0. The van der Waals surface area contributed by atoms with Crippen LogP contribution in [-0.2, 0) is 10.9 Å². The lowest BCUT2D eigenvalue weighted by molar-refractivity contribution is 0.0699. The molecule has 0 radical (unpaired) electrons.